The van der Waals surface area contributed by atoms with Crippen LogP contribution in [0.5, 0.6) is 0 Å². The Bertz CT molecular complexity index is 534. The van der Waals surface area contributed by atoms with Crippen molar-refractivity contribution in [2.45, 2.75) is 19.9 Å². The first-order valence-electron chi connectivity index (χ1n) is 7.49. The Morgan fingerprint density at radius 1 is 1.33 bits per heavy atom. The highest BCUT2D eigenvalue weighted by Crippen LogP contribution is 2.31. The molecule has 2 heterocycles. The van der Waals surface area contributed by atoms with E-state index in [2.05, 4.69) is 18.2 Å². The summed E-state index contributed by atoms with van der Waals surface area (Å²) in [5.74, 6) is 0. The smallest absolute Gasteiger partial charge is 0.0394 e. The fourth-order valence-electron chi connectivity index (χ4n) is 1.77. The fourth-order valence-corrected chi connectivity index (χ4v) is 3.36. The first-order chi connectivity index (χ1) is 9.93. The van der Waals surface area contributed by atoms with Crippen LogP contribution in [-0.2, 0) is 0 Å². The molecule has 0 radical (unpaired) electrons. The third-order valence-corrected chi connectivity index (χ3v) is 4.62. The molecule has 18 heavy (non-hydrogen) atoms. The van der Waals surface area contributed by atoms with Crippen LogP contribution in [0, 0.1) is 0 Å². The quantitative estimate of drug-likeness (QED) is 0.775. The third-order valence-electron chi connectivity index (χ3n) is 2.81. The lowest BCUT2D eigenvalue weighted by molar-refractivity contribution is 0.314. The second-order valence-electron chi connectivity index (χ2n) is 4.06. The van der Waals surface area contributed by atoms with E-state index in [4.69, 9.17) is 4.11 Å². The van der Waals surface area contributed by atoms with Crippen molar-refractivity contribution in [2.24, 2.45) is 0 Å². The predicted octanol–water partition coefficient (Wildman–Crippen LogP) is 4.58. The minimum absolute atomic E-state index is 0.151. The highest BCUT2D eigenvalue weighted by Gasteiger charge is 2.11. The van der Waals surface area contributed by atoms with Crippen molar-refractivity contribution in [1.82, 2.24) is 4.90 Å². The van der Waals surface area contributed by atoms with E-state index in [1.165, 1.54) is 14.7 Å². The van der Waals surface area contributed by atoms with E-state index < -0.39 is 6.98 Å². The van der Waals surface area contributed by atoms with Crippen molar-refractivity contribution in [3.63, 3.8) is 0 Å². The Morgan fingerprint density at radius 3 is 2.33 bits per heavy atom. The van der Waals surface area contributed by atoms with Gasteiger partial charge < -0.3 is 4.90 Å². The minimum atomic E-state index is -2.07. The summed E-state index contributed by atoms with van der Waals surface area (Å²) in [4.78, 5) is 3.88. The molecule has 0 aromatic carbocycles. The summed E-state index contributed by atoms with van der Waals surface area (Å²) in [5, 5.41) is 4.09. The summed E-state index contributed by atoms with van der Waals surface area (Å²) in [6.45, 7) is 2.25. The zero-order chi connectivity index (χ0) is 15.5. The molecule has 0 amide bonds. The van der Waals surface area contributed by atoms with Crippen molar-refractivity contribution in [1.29, 1.82) is 0 Å². The van der Waals surface area contributed by atoms with E-state index in [1.807, 2.05) is 36.7 Å². The molecule has 0 N–H and O–H groups in total. The van der Waals surface area contributed by atoms with E-state index in [-0.39, 0.29) is 6.04 Å². The fraction of sp³-hybridized carbons (Fsp3) is 0.333. The van der Waals surface area contributed by atoms with Crippen LogP contribution in [0.3, 0.4) is 0 Å². The second kappa shape index (κ2) is 6.32. The lowest BCUT2D eigenvalue weighted by Crippen LogP contribution is -2.27. The van der Waals surface area contributed by atoms with Gasteiger partial charge in [-0.1, -0.05) is 25.1 Å². The summed E-state index contributed by atoms with van der Waals surface area (Å²) in [5.41, 5.74) is 1.12. The molecule has 2 rings (SSSR count). The van der Waals surface area contributed by atoms with Crippen molar-refractivity contribution < 1.29 is 4.11 Å². The number of thiophene rings is 2. The van der Waals surface area contributed by atoms with Gasteiger partial charge in [-0.3, -0.25) is 0 Å². The molecule has 0 fully saturated rings. The monoisotopic (exact) mass is 280 g/mol. The Morgan fingerprint density at radius 2 is 1.94 bits per heavy atom. The molecule has 0 aliphatic heterocycles. The Kier molecular flexibility index (Phi) is 3.50. The molecule has 0 bridgehead atoms. The van der Waals surface area contributed by atoms with Crippen LogP contribution >= 0.6 is 22.7 Å². The van der Waals surface area contributed by atoms with Crippen LogP contribution in [0.4, 0.5) is 0 Å². The predicted molar refractivity (Wildman–Crippen MR) is 83.5 cm³/mol. The highest BCUT2D eigenvalue weighted by molar-refractivity contribution is 7.13. The SMILES string of the molecule is [2H]C([2H])([2H])N(CC)C(C)C=C(c1cccs1)c1cccs1. The molecule has 0 spiro atoms. The van der Waals surface area contributed by atoms with Gasteiger partial charge in [-0.2, -0.15) is 0 Å². The lowest BCUT2D eigenvalue weighted by Gasteiger charge is -2.21. The van der Waals surface area contributed by atoms with Gasteiger partial charge in [0.2, 0.25) is 0 Å². The van der Waals surface area contributed by atoms with Gasteiger partial charge >= 0.3 is 0 Å². The Labute approximate surface area is 122 Å². The Hall–Kier alpha value is -0.900. The molecular weight excluding hydrogens is 258 g/mol. The molecule has 0 saturated heterocycles. The largest absolute Gasteiger partial charge is 0.300 e. The van der Waals surface area contributed by atoms with Crippen LogP contribution < -0.4 is 0 Å². The van der Waals surface area contributed by atoms with Gasteiger partial charge in [-0.15, -0.1) is 22.7 Å². The van der Waals surface area contributed by atoms with Crippen LogP contribution in [-0.4, -0.2) is 24.5 Å². The first kappa shape index (κ1) is 9.96. The van der Waals surface area contributed by atoms with Crippen LogP contribution in [0.25, 0.3) is 5.57 Å². The number of likely N-dealkylation sites (N-methyl/N-ethyl adjacent to an activating group) is 1. The van der Waals surface area contributed by atoms with Crippen molar-refractivity contribution in [3.05, 3.63) is 50.9 Å². The van der Waals surface area contributed by atoms with Gasteiger partial charge in [0, 0.05) is 25.5 Å². The zero-order valence-corrected chi connectivity index (χ0v) is 12.2. The normalized spacial score (nSPS) is 15.8. The molecule has 3 heteroatoms. The summed E-state index contributed by atoms with van der Waals surface area (Å²) < 4.78 is 22.9. The van der Waals surface area contributed by atoms with E-state index in [0.29, 0.717) is 6.54 Å². The molecule has 1 nitrogen and oxygen atoms in total. The summed E-state index contributed by atoms with van der Waals surface area (Å²) in [6, 6.07) is 8.05. The molecule has 96 valence electrons. The molecule has 1 unspecified atom stereocenters. The number of nitrogens with zero attached hydrogens (tertiary/aromatic N) is 1. The van der Waals surface area contributed by atoms with Gasteiger partial charge in [-0.05, 0) is 43.3 Å². The Balaban J connectivity index is 2.37. The summed E-state index contributed by atoms with van der Waals surface area (Å²) in [7, 11) is 0. The van der Waals surface area contributed by atoms with Gasteiger partial charge in [0.1, 0.15) is 0 Å². The van der Waals surface area contributed by atoms with Crippen LogP contribution in [0.15, 0.2) is 41.1 Å². The maximum absolute atomic E-state index is 7.65. The lowest BCUT2D eigenvalue weighted by atomic mass is 10.1. The minimum Gasteiger partial charge on any atom is -0.300 e. The zero-order valence-electron chi connectivity index (χ0n) is 13.6. The second-order valence-corrected chi connectivity index (χ2v) is 5.96. The highest BCUT2D eigenvalue weighted by atomic mass is 32.1. The molecule has 2 aromatic rings. The molecule has 0 saturated carbocycles. The average molecular weight is 280 g/mol. The molecule has 0 aliphatic carbocycles. The van der Waals surface area contributed by atoms with E-state index in [0.717, 1.165) is 5.57 Å². The first-order valence-corrected chi connectivity index (χ1v) is 7.75. The maximum Gasteiger partial charge on any atom is 0.0394 e. The number of hydrogen-bond acceptors (Lipinski definition) is 3. The molecule has 0 aliphatic rings. The number of rotatable bonds is 5. The molecule has 1 atom stereocenters. The average Bonchev–Trinajstić information content (AvgIpc) is 3.08. The van der Waals surface area contributed by atoms with Crippen LogP contribution in [0.1, 0.15) is 27.7 Å². The van der Waals surface area contributed by atoms with Crippen molar-refractivity contribution >= 4 is 28.2 Å². The van der Waals surface area contributed by atoms with E-state index in [1.54, 1.807) is 22.7 Å². The molecule has 2 aromatic heterocycles. The molecular formula is C15H19NS2. The third kappa shape index (κ3) is 3.10. The van der Waals surface area contributed by atoms with E-state index >= 15 is 0 Å². The van der Waals surface area contributed by atoms with Crippen molar-refractivity contribution in [3.8, 4) is 0 Å². The van der Waals surface area contributed by atoms with E-state index in [9.17, 15) is 0 Å². The van der Waals surface area contributed by atoms with Crippen molar-refractivity contribution in [2.75, 3.05) is 13.5 Å². The van der Waals surface area contributed by atoms with Gasteiger partial charge in [0.15, 0.2) is 0 Å². The number of hydrogen-bond donors (Lipinski definition) is 0. The van der Waals surface area contributed by atoms with Gasteiger partial charge in [-0.25, -0.2) is 0 Å². The standard InChI is InChI=1S/C15H19NS2/c1-4-16(3)12(2)11-13(14-7-5-9-17-14)15-8-6-10-18-15/h5-12H,4H2,1-3H3/i3D3. The van der Waals surface area contributed by atoms with Gasteiger partial charge in [0.25, 0.3) is 0 Å². The topological polar surface area (TPSA) is 3.24 Å². The maximum atomic E-state index is 7.65. The van der Waals surface area contributed by atoms with Crippen LogP contribution in [0.2, 0.25) is 0 Å². The summed E-state index contributed by atoms with van der Waals surface area (Å²) in [6.07, 6.45) is 2.06. The summed E-state index contributed by atoms with van der Waals surface area (Å²) >= 11 is 3.35. The van der Waals surface area contributed by atoms with Gasteiger partial charge in [0.05, 0.1) is 0 Å².